The molecule has 0 saturated heterocycles. The standard InChI is InChI=1S/C16H10F3N3S.BrH/c17-16(18,19)12-4-5-13-14(7-12)22-15(21-13)23-9-11-3-1-2-10(6-11)8-20;/h1-7H,9H2,(H,21,22);1H/p-1. The number of benzene rings is 2. The Kier molecular flexibility index (Phi) is 5.57. The van der Waals surface area contributed by atoms with E-state index in [0.717, 1.165) is 17.7 Å². The molecule has 0 aliphatic heterocycles. The first-order valence-corrected chi connectivity index (χ1v) is 7.63. The molecule has 0 aliphatic rings. The van der Waals surface area contributed by atoms with E-state index in [1.165, 1.54) is 17.8 Å². The van der Waals surface area contributed by atoms with Crippen LogP contribution in [0.3, 0.4) is 0 Å². The van der Waals surface area contributed by atoms with E-state index in [4.69, 9.17) is 5.26 Å². The first-order valence-electron chi connectivity index (χ1n) is 6.64. The van der Waals surface area contributed by atoms with Crippen molar-refractivity contribution >= 4 is 22.8 Å². The summed E-state index contributed by atoms with van der Waals surface area (Å²) < 4.78 is 38.1. The third-order valence-corrected chi connectivity index (χ3v) is 4.16. The number of nitrogens with one attached hydrogen (secondary N) is 1. The van der Waals surface area contributed by atoms with Crippen LogP contribution in [0.15, 0.2) is 47.6 Å². The van der Waals surface area contributed by atoms with Crippen molar-refractivity contribution in [2.75, 3.05) is 0 Å². The topological polar surface area (TPSA) is 52.5 Å². The number of nitriles is 1. The summed E-state index contributed by atoms with van der Waals surface area (Å²) in [6.45, 7) is 0. The van der Waals surface area contributed by atoms with Gasteiger partial charge in [-0.3, -0.25) is 0 Å². The fourth-order valence-corrected chi connectivity index (χ4v) is 2.94. The monoisotopic (exact) mass is 412 g/mol. The van der Waals surface area contributed by atoms with Crippen LogP contribution >= 0.6 is 11.8 Å². The molecule has 8 heteroatoms. The van der Waals surface area contributed by atoms with E-state index in [1.54, 1.807) is 18.2 Å². The van der Waals surface area contributed by atoms with Crippen molar-refractivity contribution in [1.82, 2.24) is 9.97 Å². The van der Waals surface area contributed by atoms with Crippen molar-refractivity contribution in [2.24, 2.45) is 0 Å². The largest absolute Gasteiger partial charge is 1.00 e. The number of aromatic nitrogens is 2. The van der Waals surface area contributed by atoms with E-state index in [1.807, 2.05) is 6.07 Å². The number of H-pyrrole nitrogens is 1. The molecule has 24 heavy (non-hydrogen) atoms. The molecule has 0 atom stereocenters. The molecule has 0 spiro atoms. The van der Waals surface area contributed by atoms with Gasteiger partial charge in [-0.05, 0) is 35.9 Å². The van der Waals surface area contributed by atoms with Gasteiger partial charge in [0.1, 0.15) is 0 Å². The van der Waals surface area contributed by atoms with Gasteiger partial charge in [-0.15, -0.1) is 0 Å². The molecule has 1 N–H and O–H groups in total. The minimum Gasteiger partial charge on any atom is -1.00 e. The summed E-state index contributed by atoms with van der Waals surface area (Å²) in [5.74, 6) is 0.571. The lowest BCUT2D eigenvalue weighted by molar-refractivity contribution is -0.137. The van der Waals surface area contributed by atoms with Crippen LogP contribution in [0.25, 0.3) is 11.0 Å². The quantitative estimate of drug-likeness (QED) is 0.666. The Morgan fingerprint density at radius 3 is 2.67 bits per heavy atom. The predicted molar refractivity (Wildman–Crippen MR) is 81.8 cm³/mol. The second kappa shape index (κ2) is 7.28. The zero-order valence-corrected chi connectivity index (χ0v) is 14.5. The third-order valence-electron chi connectivity index (χ3n) is 3.22. The number of halogens is 4. The van der Waals surface area contributed by atoms with Crippen LogP contribution in [0.1, 0.15) is 16.7 Å². The average Bonchev–Trinajstić information content (AvgIpc) is 2.94. The molecular weight excluding hydrogens is 403 g/mol. The predicted octanol–water partition coefficient (Wildman–Crippen LogP) is 1.75. The molecule has 0 saturated carbocycles. The summed E-state index contributed by atoms with van der Waals surface area (Å²) in [6, 6.07) is 12.7. The van der Waals surface area contributed by atoms with E-state index in [2.05, 4.69) is 16.0 Å². The Hall–Kier alpha value is -1.98. The SMILES string of the molecule is N#Cc1cccc(CSc2nc3ccc(C(F)(F)F)cc3[nH]2)c1.[Br-]. The number of imidazole rings is 1. The Labute approximate surface area is 150 Å². The summed E-state index contributed by atoms with van der Waals surface area (Å²) in [5, 5.41) is 9.41. The van der Waals surface area contributed by atoms with Gasteiger partial charge in [-0.2, -0.15) is 18.4 Å². The Bertz CT molecular complexity index is 899. The van der Waals surface area contributed by atoms with E-state index < -0.39 is 11.7 Å². The zero-order valence-electron chi connectivity index (χ0n) is 12.1. The molecule has 1 aromatic heterocycles. The summed E-state index contributed by atoms with van der Waals surface area (Å²) in [5.41, 5.74) is 1.67. The van der Waals surface area contributed by atoms with Gasteiger partial charge in [0, 0.05) is 5.75 Å². The van der Waals surface area contributed by atoms with Crippen molar-refractivity contribution in [3.05, 3.63) is 59.2 Å². The number of hydrogen-bond acceptors (Lipinski definition) is 3. The van der Waals surface area contributed by atoms with Gasteiger partial charge in [0.2, 0.25) is 0 Å². The van der Waals surface area contributed by atoms with Crippen LogP contribution < -0.4 is 17.0 Å². The highest BCUT2D eigenvalue weighted by Gasteiger charge is 2.30. The van der Waals surface area contributed by atoms with Crippen LogP contribution in [-0.2, 0) is 11.9 Å². The third kappa shape index (κ3) is 4.10. The molecule has 0 aliphatic carbocycles. The average molecular weight is 413 g/mol. The van der Waals surface area contributed by atoms with Gasteiger partial charge in [0.25, 0.3) is 0 Å². The molecule has 3 nitrogen and oxygen atoms in total. The maximum Gasteiger partial charge on any atom is 0.416 e. The Morgan fingerprint density at radius 1 is 1.17 bits per heavy atom. The van der Waals surface area contributed by atoms with Crippen LogP contribution in [0.5, 0.6) is 0 Å². The fourth-order valence-electron chi connectivity index (χ4n) is 2.11. The first kappa shape index (κ1) is 18.4. The van der Waals surface area contributed by atoms with Gasteiger partial charge >= 0.3 is 6.18 Å². The minimum absolute atomic E-state index is 0. The number of alkyl halides is 3. The Morgan fingerprint density at radius 2 is 1.96 bits per heavy atom. The molecule has 2 aromatic carbocycles. The van der Waals surface area contributed by atoms with E-state index in [9.17, 15) is 13.2 Å². The summed E-state index contributed by atoms with van der Waals surface area (Å²) >= 11 is 1.37. The highest BCUT2D eigenvalue weighted by atomic mass is 79.9. The Balaban J connectivity index is 0.00000208. The lowest BCUT2D eigenvalue weighted by Gasteiger charge is -2.05. The van der Waals surface area contributed by atoms with Crippen LogP contribution in [0.4, 0.5) is 13.2 Å². The van der Waals surface area contributed by atoms with E-state index in [0.29, 0.717) is 27.5 Å². The van der Waals surface area contributed by atoms with Crippen molar-refractivity contribution in [1.29, 1.82) is 5.26 Å². The van der Waals surface area contributed by atoms with Gasteiger partial charge in [-0.1, -0.05) is 23.9 Å². The molecular formula is C16H10BrF3N3S-. The maximum absolute atomic E-state index is 12.7. The highest BCUT2D eigenvalue weighted by Crippen LogP contribution is 2.32. The van der Waals surface area contributed by atoms with Crippen LogP contribution in [-0.4, -0.2) is 9.97 Å². The number of nitrogens with zero attached hydrogens (tertiary/aromatic N) is 2. The molecule has 124 valence electrons. The lowest BCUT2D eigenvalue weighted by Crippen LogP contribution is -3.00. The summed E-state index contributed by atoms with van der Waals surface area (Å²) in [4.78, 5) is 7.16. The van der Waals surface area contributed by atoms with Crippen LogP contribution in [0, 0.1) is 11.3 Å². The van der Waals surface area contributed by atoms with Crippen LogP contribution in [0.2, 0.25) is 0 Å². The maximum atomic E-state index is 12.7. The molecule has 1 heterocycles. The smallest absolute Gasteiger partial charge is 0.416 e. The van der Waals surface area contributed by atoms with Gasteiger partial charge in [-0.25, -0.2) is 4.98 Å². The molecule has 0 unspecified atom stereocenters. The zero-order chi connectivity index (χ0) is 16.4. The number of hydrogen-bond donors (Lipinski definition) is 1. The molecule has 3 aromatic rings. The molecule has 0 bridgehead atoms. The number of aromatic amines is 1. The normalized spacial score (nSPS) is 11.1. The van der Waals surface area contributed by atoms with Crippen molar-refractivity contribution in [2.45, 2.75) is 17.1 Å². The molecule has 0 radical (unpaired) electrons. The van der Waals surface area contributed by atoms with Crippen molar-refractivity contribution in [3.63, 3.8) is 0 Å². The first-order chi connectivity index (χ1) is 11.0. The fraction of sp³-hybridized carbons (Fsp3) is 0.125. The minimum atomic E-state index is -4.37. The van der Waals surface area contributed by atoms with Crippen molar-refractivity contribution < 1.29 is 30.2 Å². The molecule has 0 fully saturated rings. The van der Waals surface area contributed by atoms with Gasteiger partial charge in [0.05, 0.1) is 28.2 Å². The number of fused-ring (bicyclic) bond motifs is 1. The second-order valence-corrected chi connectivity index (χ2v) is 5.84. The van der Waals surface area contributed by atoms with Gasteiger partial charge in [0.15, 0.2) is 5.16 Å². The number of rotatable bonds is 3. The van der Waals surface area contributed by atoms with Gasteiger partial charge < -0.3 is 22.0 Å². The lowest BCUT2D eigenvalue weighted by atomic mass is 10.2. The van der Waals surface area contributed by atoms with E-state index >= 15 is 0 Å². The molecule has 0 amide bonds. The van der Waals surface area contributed by atoms with E-state index in [-0.39, 0.29) is 17.0 Å². The summed E-state index contributed by atoms with van der Waals surface area (Å²) in [6.07, 6.45) is -4.37. The number of thioether (sulfide) groups is 1. The highest BCUT2D eigenvalue weighted by molar-refractivity contribution is 7.98. The molecule has 3 rings (SSSR count). The van der Waals surface area contributed by atoms with Crippen molar-refractivity contribution in [3.8, 4) is 6.07 Å². The second-order valence-electron chi connectivity index (χ2n) is 4.87. The summed E-state index contributed by atoms with van der Waals surface area (Å²) in [7, 11) is 0.